The Morgan fingerprint density at radius 2 is 1.67 bits per heavy atom. The van der Waals surface area contributed by atoms with Crippen LogP contribution in [0.1, 0.15) is 88.0 Å². The molecule has 8 nitrogen and oxygen atoms in total. The van der Waals surface area contributed by atoms with E-state index in [0.717, 1.165) is 10.1 Å². The van der Waals surface area contributed by atoms with Gasteiger partial charge in [0.25, 0.3) is 17.7 Å². The van der Waals surface area contributed by atoms with Crippen LogP contribution >= 0.6 is 11.3 Å². The van der Waals surface area contributed by atoms with Gasteiger partial charge in [-0.2, -0.15) is 0 Å². The quantitative estimate of drug-likeness (QED) is 0.639. The van der Waals surface area contributed by atoms with Crippen LogP contribution in [-0.4, -0.2) is 69.9 Å². The summed E-state index contributed by atoms with van der Waals surface area (Å²) in [6.45, 7) is 6.19. The summed E-state index contributed by atoms with van der Waals surface area (Å²) in [5, 5.41) is 11.0. The summed E-state index contributed by atoms with van der Waals surface area (Å²) in [4.78, 5) is 43.6. The fourth-order valence-electron chi connectivity index (χ4n) is 5.01. The Morgan fingerprint density at radius 3 is 2.36 bits per heavy atom. The largest absolute Gasteiger partial charge is 0.343 e. The zero-order chi connectivity index (χ0) is 23.1. The molecule has 0 radical (unpaired) electrons. The first kappa shape index (κ1) is 22.0. The normalized spacial score (nSPS) is 19.5. The lowest BCUT2D eigenvalue weighted by Crippen LogP contribution is -2.48. The molecule has 3 heterocycles. The zero-order valence-corrected chi connectivity index (χ0v) is 19.9. The molecule has 0 bridgehead atoms. The van der Waals surface area contributed by atoms with Gasteiger partial charge in [0, 0.05) is 43.7 Å². The molecule has 2 aromatic rings. The molecule has 2 aliphatic heterocycles. The molecular formula is C24H29N5O3S. The number of hydrogen-bond donors (Lipinski definition) is 0. The number of hydrogen-bond acceptors (Lipinski definition) is 7. The molecular weight excluding hydrogens is 438 g/mol. The zero-order valence-electron chi connectivity index (χ0n) is 19.1. The number of carbonyl (C=O) groups excluding carboxylic acids is 3. The molecule has 33 heavy (non-hydrogen) atoms. The number of nitrogens with zero attached hydrogens (tertiary/aromatic N) is 5. The molecule has 0 N–H and O–H groups in total. The van der Waals surface area contributed by atoms with Gasteiger partial charge in [-0.1, -0.05) is 30.6 Å². The van der Waals surface area contributed by atoms with Crippen LogP contribution in [0.3, 0.4) is 0 Å². The lowest BCUT2D eigenvalue weighted by molar-refractivity contribution is 0.0608. The molecule has 0 spiro atoms. The van der Waals surface area contributed by atoms with Crippen LogP contribution in [0.4, 0.5) is 5.13 Å². The summed E-state index contributed by atoms with van der Waals surface area (Å²) in [7, 11) is 0. The van der Waals surface area contributed by atoms with Crippen LogP contribution in [0.5, 0.6) is 0 Å². The van der Waals surface area contributed by atoms with E-state index in [2.05, 4.69) is 15.1 Å². The van der Waals surface area contributed by atoms with Crippen LogP contribution in [-0.2, 0) is 0 Å². The van der Waals surface area contributed by atoms with Crippen molar-refractivity contribution in [1.29, 1.82) is 0 Å². The highest BCUT2D eigenvalue weighted by molar-refractivity contribution is 7.15. The minimum atomic E-state index is -0.325. The molecule has 1 aromatic carbocycles. The molecule has 0 unspecified atom stereocenters. The molecule has 0 atom stereocenters. The molecule has 3 amide bonds. The van der Waals surface area contributed by atoms with Crippen molar-refractivity contribution in [3.63, 3.8) is 0 Å². The van der Waals surface area contributed by atoms with Gasteiger partial charge < -0.3 is 9.80 Å². The van der Waals surface area contributed by atoms with Gasteiger partial charge in [-0.25, -0.2) is 0 Å². The highest BCUT2D eigenvalue weighted by atomic mass is 32.1. The maximum atomic E-state index is 13.1. The molecule has 1 saturated carbocycles. The Labute approximate surface area is 197 Å². The van der Waals surface area contributed by atoms with Crippen molar-refractivity contribution in [3.05, 3.63) is 39.9 Å². The summed E-state index contributed by atoms with van der Waals surface area (Å²) in [5.74, 6) is -0.175. The molecule has 174 valence electrons. The van der Waals surface area contributed by atoms with Crippen molar-refractivity contribution >= 4 is 34.2 Å². The van der Waals surface area contributed by atoms with E-state index in [4.69, 9.17) is 0 Å². The highest BCUT2D eigenvalue weighted by Crippen LogP contribution is 2.36. The van der Waals surface area contributed by atoms with Crippen molar-refractivity contribution in [2.45, 2.75) is 57.9 Å². The van der Waals surface area contributed by atoms with Crippen molar-refractivity contribution in [3.8, 4) is 0 Å². The molecule has 5 rings (SSSR count). The van der Waals surface area contributed by atoms with Crippen molar-refractivity contribution in [2.24, 2.45) is 0 Å². The smallest absolute Gasteiger partial charge is 0.261 e. The van der Waals surface area contributed by atoms with Gasteiger partial charge in [0.2, 0.25) is 5.13 Å². The SMILES string of the molecule is CC(C)N1C(=O)c2ccc(C(=O)N3CCN(c4nnc(C5CCCCC5)s4)CC3)cc2C1=O. The van der Waals surface area contributed by atoms with Crippen LogP contribution in [0.2, 0.25) is 0 Å². The van der Waals surface area contributed by atoms with Gasteiger partial charge in [0.15, 0.2) is 0 Å². The monoisotopic (exact) mass is 467 g/mol. The Morgan fingerprint density at radius 1 is 0.970 bits per heavy atom. The maximum absolute atomic E-state index is 13.1. The van der Waals surface area contributed by atoms with E-state index in [1.165, 1.54) is 37.0 Å². The van der Waals surface area contributed by atoms with Crippen LogP contribution in [0, 0.1) is 0 Å². The standard InChI is InChI=1S/C24H29N5O3S/c1-15(2)29-22(31)18-9-8-17(14-19(18)23(29)32)21(30)27-10-12-28(13-11-27)24-26-25-20(33-24)16-6-4-3-5-7-16/h8-9,14-16H,3-7,10-13H2,1-2H3. The van der Waals surface area contributed by atoms with Gasteiger partial charge >= 0.3 is 0 Å². The van der Waals surface area contributed by atoms with Gasteiger partial charge in [0.05, 0.1) is 11.1 Å². The third kappa shape index (κ3) is 4.03. The van der Waals surface area contributed by atoms with E-state index in [0.29, 0.717) is 48.8 Å². The molecule has 9 heteroatoms. The lowest BCUT2D eigenvalue weighted by Gasteiger charge is -2.34. The van der Waals surface area contributed by atoms with Crippen LogP contribution < -0.4 is 4.90 Å². The number of imide groups is 1. The predicted octanol–water partition coefficient (Wildman–Crippen LogP) is 3.55. The van der Waals surface area contributed by atoms with Crippen LogP contribution in [0.15, 0.2) is 18.2 Å². The lowest BCUT2D eigenvalue weighted by atomic mass is 9.90. The van der Waals surface area contributed by atoms with E-state index in [-0.39, 0.29) is 23.8 Å². The first-order chi connectivity index (χ1) is 15.9. The Balaban J connectivity index is 1.23. The molecule has 2 fully saturated rings. The number of aromatic nitrogens is 2. The third-order valence-corrected chi connectivity index (χ3v) is 8.05. The first-order valence-corrected chi connectivity index (χ1v) is 12.6. The Kier molecular flexibility index (Phi) is 5.90. The number of amides is 3. The maximum Gasteiger partial charge on any atom is 0.261 e. The number of benzene rings is 1. The highest BCUT2D eigenvalue weighted by Gasteiger charge is 2.38. The summed E-state index contributed by atoms with van der Waals surface area (Å²) >= 11 is 1.69. The molecule has 1 aliphatic carbocycles. The molecule has 3 aliphatic rings. The average Bonchev–Trinajstić information content (AvgIpc) is 3.43. The fraction of sp³-hybridized carbons (Fsp3) is 0.542. The van der Waals surface area contributed by atoms with Crippen molar-refractivity contribution in [1.82, 2.24) is 20.0 Å². The Bertz CT molecular complexity index is 1080. The number of piperazine rings is 1. The molecule has 1 aromatic heterocycles. The van der Waals surface area contributed by atoms with Gasteiger partial charge in [0.1, 0.15) is 5.01 Å². The summed E-state index contributed by atoms with van der Waals surface area (Å²) in [5.41, 5.74) is 1.15. The van der Waals surface area contributed by atoms with Crippen molar-refractivity contribution < 1.29 is 14.4 Å². The second-order valence-corrected chi connectivity index (χ2v) is 10.4. The van der Waals surface area contributed by atoms with E-state index < -0.39 is 0 Å². The van der Waals surface area contributed by atoms with E-state index in [9.17, 15) is 14.4 Å². The Hall–Kier alpha value is -2.81. The molecule has 1 saturated heterocycles. The second-order valence-electron chi connectivity index (χ2n) is 9.37. The summed E-state index contributed by atoms with van der Waals surface area (Å²) in [6.07, 6.45) is 6.29. The van der Waals surface area contributed by atoms with E-state index in [1.54, 1.807) is 29.5 Å². The van der Waals surface area contributed by atoms with Gasteiger partial charge in [-0.05, 0) is 44.9 Å². The predicted molar refractivity (Wildman–Crippen MR) is 126 cm³/mol. The van der Waals surface area contributed by atoms with Crippen LogP contribution in [0.25, 0.3) is 0 Å². The first-order valence-electron chi connectivity index (χ1n) is 11.8. The average molecular weight is 468 g/mol. The van der Waals surface area contributed by atoms with Gasteiger partial charge in [-0.15, -0.1) is 10.2 Å². The minimum absolute atomic E-state index is 0.110. The topological polar surface area (TPSA) is 86.7 Å². The fourth-order valence-corrected chi connectivity index (χ4v) is 6.08. The number of anilines is 1. The number of carbonyl (C=O) groups is 3. The summed E-state index contributed by atoms with van der Waals surface area (Å²) < 4.78 is 0. The minimum Gasteiger partial charge on any atom is -0.343 e. The van der Waals surface area contributed by atoms with Gasteiger partial charge in [-0.3, -0.25) is 19.3 Å². The third-order valence-electron chi connectivity index (χ3n) is 6.90. The van der Waals surface area contributed by atoms with E-state index in [1.807, 2.05) is 18.7 Å². The summed E-state index contributed by atoms with van der Waals surface area (Å²) in [6, 6.07) is 4.62. The second kappa shape index (κ2) is 8.85. The number of fused-ring (bicyclic) bond motifs is 1. The number of rotatable bonds is 4. The van der Waals surface area contributed by atoms with E-state index >= 15 is 0 Å². The van der Waals surface area contributed by atoms with Crippen molar-refractivity contribution in [2.75, 3.05) is 31.1 Å².